The molecule has 0 saturated heterocycles. The molecule has 2 unspecified atom stereocenters. The van der Waals surface area contributed by atoms with E-state index >= 15 is 0 Å². The summed E-state index contributed by atoms with van der Waals surface area (Å²) in [6.07, 6.45) is 9.06. The van der Waals surface area contributed by atoms with Crippen molar-refractivity contribution >= 4 is 5.97 Å². The molecule has 3 heteroatoms. The average molecular weight is 281 g/mol. The van der Waals surface area contributed by atoms with Crippen LogP contribution in [0.25, 0.3) is 0 Å². The van der Waals surface area contributed by atoms with Gasteiger partial charge in [-0.3, -0.25) is 4.79 Å². The summed E-state index contributed by atoms with van der Waals surface area (Å²) in [6, 6.07) is 0.597. The minimum atomic E-state index is -0.569. The monoisotopic (exact) mass is 281 g/mol. The zero-order valence-electron chi connectivity index (χ0n) is 13.4. The molecule has 1 N–H and O–H groups in total. The van der Waals surface area contributed by atoms with Gasteiger partial charge in [0.25, 0.3) is 0 Å². The Labute approximate surface area is 123 Å². The Balaban J connectivity index is 1.99. The Morgan fingerprint density at radius 1 is 1.15 bits per heavy atom. The average Bonchev–Trinajstić information content (AvgIpc) is 2.39. The van der Waals surface area contributed by atoms with Crippen LogP contribution in [0.2, 0.25) is 0 Å². The highest BCUT2D eigenvalue weighted by molar-refractivity contribution is 5.75. The molecule has 0 bridgehead atoms. The second-order valence-corrected chi connectivity index (χ2v) is 7.62. The molecule has 2 aliphatic rings. The van der Waals surface area contributed by atoms with Crippen LogP contribution in [0.1, 0.15) is 65.2 Å². The molecule has 20 heavy (non-hydrogen) atoms. The number of nitrogens with zero attached hydrogens (tertiary/aromatic N) is 1. The number of hydrogen-bond acceptors (Lipinski definition) is 2. The summed E-state index contributed by atoms with van der Waals surface area (Å²) >= 11 is 0. The molecule has 0 aromatic heterocycles. The van der Waals surface area contributed by atoms with Crippen molar-refractivity contribution in [2.45, 2.75) is 71.3 Å². The third-order valence-electron chi connectivity index (χ3n) is 5.71. The van der Waals surface area contributed by atoms with Gasteiger partial charge in [-0.05, 0) is 57.4 Å². The van der Waals surface area contributed by atoms with Gasteiger partial charge in [0, 0.05) is 12.6 Å². The lowest BCUT2D eigenvalue weighted by molar-refractivity contribution is -0.154. The predicted octanol–water partition coefficient (Wildman–Crippen LogP) is 3.78. The minimum absolute atomic E-state index is 0.491. The molecule has 2 atom stereocenters. The maximum atomic E-state index is 11.9. The van der Waals surface area contributed by atoms with Gasteiger partial charge < -0.3 is 10.0 Å². The summed E-state index contributed by atoms with van der Waals surface area (Å²) in [5.74, 6) is 0.836. The molecule has 2 rings (SSSR count). The van der Waals surface area contributed by atoms with Gasteiger partial charge in [-0.25, -0.2) is 0 Å². The standard InChI is InChI=1S/C17H31NO2/c1-13-6-8-15(9-7-13)18(3)12-17(16(19)20)10-4-5-14(2)11-17/h13-15H,4-12H2,1-3H3,(H,19,20). The maximum Gasteiger partial charge on any atom is 0.310 e. The molecule has 3 nitrogen and oxygen atoms in total. The smallest absolute Gasteiger partial charge is 0.310 e. The van der Waals surface area contributed by atoms with E-state index in [1.807, 2.05) is 0 Å². The summed E-state index contributed by atoms with van der Waals surface area (Å²) in [6.45, 7) is 5.28. The lowest BCUT2D eigenvalue weighted by Gasteiger charge is -2.42. The van der Waals surface area contributed by atoms with Crippen LogP contribution in [0.15, 0.2) is 0 Å². The molecule has 0 spiro atoms. The van der Waals surface area contributed by atoms with Crippen LogP contribution in [-0.4, -0.2) is 35.6 Å². The Hall–Kier alpha value is -0.570. The van der Waals surface area contributed by atoms with Crippen molar-refractivity contribution in [3.05, 3.63) is 0 Å². The van der Waals surface area contributed by atoms with Crippen molar-refractivity contribution in [3.63, 3.8) is 0 Å². The van der Waals surface area contributed by atoms with Gasteiger partial charge in [-0.15, -0.1) is 0 Å². The first-order valence-electron chi connectivity index (χ1n) is 8.36. The molecule has 0 aromatic rings. The number of carboxylic acids is 1. The lowest BCUT2D eigenvalue weighted by Crippen LogP contribution is -2.48. The van der Waals surface area contributed by atoms with Crippen molar-refractivity contribution in [1.82, 2.24) is 4.90 Å². The first kappa shape index (κ1) is 15.8. The van der Waals surface area contributed by atoms with Crippen LogP contribution in [0.3, 0.4) is 0 Å². The first-order chi connectivity index (χ1) is 9.43. The zero-order chi connectivity index (χ0) is 14.8. The molecule has 2 fully saturated rings. The summed E-state index contributed by atoms with van der Waals surface area (Å²) < 4.78 is 0. The summed E-state index contributed by atoms with van der Waals surface area (Å²) in [7, 11) is 2.14. The van der Waals surface area contributed by atoms with Crippen LogP contribution in [0.5, 0.6) is 0 Å². The molecule has 0 aliphatic heterocycles. The van der Waals surface area contributed by atoms with Crippen molar-refractivity contribution in [2.24, 2.45) is 17.3 Å². The fourth-order valence-electron chi connectivity index (χ4n) is 4.36. The third-order valence-corrected chi connectivity index (χ3v) is 5.71. The molecule has 0 heterocycles. The van der Waals surface area contributed by atoms with Gasteiger partial charge in [0.15, 0.2) is 0 Å². The third kappa shape index (κ3) is 3.55. The number of rotatable bonds is 4. The second-order valence-electron chi connectivity index (χ2n) is 7.62. The SMILES string of the molecule is CC1CCC(N(C)CC2(C(=O)O)CCCC(C)C2)CC1. The van der Waals surface area contributed by atoms with Crippen LogP contribution in [0.4, 0.5) is 0 Å². The van der Waals surface area contributed by atoms with E-state index in [1.54, 1.807) is 0 Å². The van der Waals surface area contributed by atoms with Crippen LogP contribution in [0, 0.1) is 17.3 Å². The molecule has 116 valence electrons. The minimum Gasteiger partial charge on any atom is -0.481 e. The van der Waals surface area contributed by atoms with Gasteiger partial charge in [0.05, 0.1) is 5.41 Å². The fourth-order valence-corrected chi connectivity index (χ4v) is 4.36. The lowest BCUT2D eigenvalue weighted by atomic mass is 9.69. The number of carboxylic acid groups (broad SMARTS) is 1. The predicted molar refractivity (Wildman–Crippen MR) is 81.8 cm³/mol. The van der Waals surface area contributed by atoms with Crippen molar-refractivity contribution in [1.29, 1.82) is 0 Å². The van der Waals surface area contributed by atoms with Gasteiger partial charge >= 0.3 is 5.97 Å². The van der Waals surface area contributed by atoms with Crippen LogP contribution < -0.4 is 0 Å². The Morgan fingerprint density at radius 2 is 1.80 bits per heavy atom. The van der Waals surface area contributed by atoms with Gasteiger partial charge in [-0.1, -0.05) is 26.7 Å². The number of aliphatic carboxylic acids is 1. The topological polar surface area (TPSA) is 40.5 Å². The Bertz CT molecular complexity index is 336. The summed E-state index contributed by atoms with van der Waals surface area (Å²) in [5.41, 5.74) is -0.491. The van der Waals surface area contributed by atoms with E-state index in [2.05, 4.69) is 25.8 Å². The quantitative estimate of drug-likeness (QED) is 0.852. The fraction of sp³-hybridized carbons (Fsp3) is 0.941. The highest BCUT2D eigenvalue weighted by atomic mass is 16.4. The summed E-state index contributed by atoms with van der Waals surface area (Å²) in [4.78, 5) is 14.2. The van der Waals surface area contributed by atoms with E-state index in [-0.39, 0.29) is 0 Å². The van der Waals surface area contributed by atoms with Crippen molar-refractivity contribution < 1.29 is 9.90 Å². The van der Waals surface area contributed by atoms with E-state index in [0.717, 1.165) is 31.7 Å². The van der Waals surface area contributed by atoms with Crippen molar-refractivity contribution in [3.8, 4) is 0 Å². The van der Waals surface area contributed by atoms with Gasteiger partial charge in [-0.2, -0.15) is 0 Å². The van der Waals surface area contributed by atoms with E-state index in [0.29, 0.717) is 12.0 Å². The van der Waals surface area contributed by atoms with E-state index in [4.69, 9.17) is 0 Å². The normalized spacial score (nSPS) is 38.9. The van der Waals surface area contributed by atoms with E-state index in [9.17, 15) is 9.90 Å². The Morgan fingerprint density at radius 3 is 2.35 bits per heavy atom. The van der Waals surface area contributed by atoms with E-state index < -0.39 is 11.4 Å². The first-order valence-corrected chi connectivity index (χ1v) is 8.36. The maximum absolute atomic E-state index is 11.9. The number of carbonyl (C=O) groups is 1. The summed E-state index contributed by atoms with van der Waals surface area (Å²) in [5, 5.41) is 9.77. The molecular weight excluding hydrogens is 250 g/mol. The number of hydrogen-bond donors (Lipinski definition) is 1. The van der Waals surface area contributed by atoms with Crippen molar-refractivity contribution in [2.75, 3.05) is 13.6 Å². The van der Waals surface area contributed by atoms with E-state index in [1.165, 1.54) is 32.1 Å². The molecular formula is C17H31NO2. The van der Waals surface area contributed by atoms with Gasteiger partial charge in [0.2, 0.25) is 0 Å². The highest BCUT2D eigenvalue weighted by Crippen LogP contribution is 2.41. The highest BCUT2D eigenvalue weighted by Gasteiger charge is 2.43. The molecule has 2 aliphatic carbocycles. The molecule has 0 aromatic carbocycles. The van der Waals surface area contributed by atoms with Gasteiger partial charge in [0.1, 0.15) is 0 Å². The van der Waals surface area contributed by atoms with Crippen LogP contribution >= 0.6 is 0 Å². The Kier molecular flexibility index (Phi) is 5.11. The second kappa shape index (κ2) is 6.46. The largest absolute Gasteiger partial charge is 0.481 e. The molecule has 0 amide bonds. The zero-order valence-corrected chi connectivity index (χ0v) is 13.4. The van der Waals surface area contributed by atoms with Crippen LogP contribution in [-0.2, 0) is 4.79 Å². The molecule has 2 saturated carbocycles. The molecule has 0 radical (unpaired) electrons.